The fourth-order valence-corrected chi connectivity index (χ4v) is 3.67. The number of benzene rings is 1. The highest BCUT2D eigenvalue weighted by Gasteiger charge is 2.31. The molecule has 6 nitrogen and oxygen atoms in total. The van der Waals surface area contributed by atoms with E-state index in [-0.39, 0.29) is 18.0 Å². The van der Waals surface area contributed by atoms with Crippen molar-refractivity contribution in [1.82, 2.24) is 9.80 Å². The molecule has 0 saturated carbocycles. The molecule has 24 heavy (non-hydrogen) atoms. The summed E-state index contributed by atoms with van der Waals surface area (Å²) in [5.74, 6) is 0.529. The van der Waals surface area contributed by atoms with E-state index in [2.05, 4.69) is 12.2 Å². The van der Waals surface area contributed by atoms with Crippen LogP contribution in [0, 0.1) is 5.92 Å². The normalized spacial score (nSPS) is 27.4. The van der Waals surface area contributed by atoms with Crippen LogP contribution in [0.2, 0.25) is 0 Å². The third kappa shape index (κ3) is 3.32. The molecule has 2 unspecified atom stereocenters. The van der Waals surface area contributed by atoms with Crippen LogP contribution < -0.4 is 5.32 Å². The van der Waals surface area contributed by atoms with E-state index in [1.54, 1.807) is 9.80 Å². The Balaban J connectivity index is 1.69. The van der Waals surface area contributed by atoms with Gasteiger partial charge in [-0.1, -0.05) is 19.1 Å². The number of carbonyl (C=O) groups excluding carboxylic acids is 1. The third-order valence-electron chi connectivity index (χ3n) is 5.13. The largest absolute Gasteiger partial charge is 0.465 e. The Hall–Kier alpha value is -2.24. The molecule has 2 aliphatic rings. The van der Waals surface area contributed by atoms with Gasteiger partial charge in [-0.2, -0.15) is 0 Å². The number of likely N-dealkylation sites (N-methyl/N-ethyl adjacent to an activating group) is 1. The van der Waals surface area contributed by atoms with E-state index in [1.165, 1.54) is 0 Å². The highest BCUT2D eigenvalue weighted by molar-refractivity contribution is 5.86. The van der Waals surface area contributed by atoms with Crippen LogP contribution in [-0.4, -0.2) is 53.1 Å². The van der Waals surface area contributed by atoms with Crippen LogP contribution in [-0.2, 0) is 4.79 Å². The van der Waals surface area contributed by atoms with Crippen molar-refractivity contribution in [2.24, 2.45) is 5.92 Å². The molecular weight excluding hydrogens is 306 g/mol. The third-order valence-corrected chi connectivity index (χ3v) is 5.13. The number of likely N-dealkylation sites (tertiary alicyclic amines) is 2. The van der Waals surface area contributed by atoms with E-state index in [4.69, 9.17) is 0 Å². The van der Waals surface area contributed by atoms with Crippen LogP contribution in [0.4, 0.5) is 10.5 Å². The first-order valence-electron chi connectivity index (χ1n) is 8.56. The van der Waals surface area contributed by atoms with Crippen molar-refractivity contribution >= 4 is 17.7 Å². The maximum absolute atomic E-state index is 12.0. The van der Waals surface area contributed by atoms with Gasteiger partial charge in [-0.15, -0.1) is 0 Å². The van der Waals surface area contributed by atoms with Crippen LogP contribution in [0.1, 0.15) is 37.8 Å². The molecule has 0 aromatic heterocycles. The van der Waals surface area contributed by atoms with E-state index in [0.29, 0.717) is 12.5 Å². The molecule has 2 fully saturated rings. The lowest BCUT2D eigenvalue weighted by Crippen LogP contribution is -2.40. The smallest absolute Gasteiger partial charge is 0.407 e. The molecule has 2 amide bonds. The average molecular weight is 331 g/mol. The fourth-order valence-electron chi connectivity index (χ4n) is 3.67. The Morgan fingerprint density at radius 2 is 1.92 bits per heavy atom. The predicted molar refractivity (Wildman–Crippen MR) is 92.0 cm³/mol. The quantitative estimate of drug-likeness (QED) is 0.893. The van der Waals surface area contributed by atoms with Gasteiger partial charge in [0.2, 0.25) is 5.91 Å². The molecule has 0 aliphatic carbocycles. The van der Waals surface area contributed by atoms with Gasteiger partial charge in [0.15, 0.2) is 0 Å². The fraction of sp³-hybridized carbons (Fsp3) is 0.556. The van der Waals surface area contributed by atoms with Crippen molar-refractivity contribution in [3.05, 3.63) is 29.8 Å². The number of anilines is 1. The van der Waals surface area contributed by atoms with Crippen molar-refractivity contribution in [2.75, 3.05) is 25.5 Å². The van der Waals surface area contributed by atoms with Crippen LogP contribution in [0.15, 0.2) is 24.3 Å². The number of hydrogen-bond acceptors (Lipinski definition) is 3. The lowest BCUT2D eigenvalue weighted by atomic mass is 9.90. The summed E-state index contributed by atoms with van der Waals surface area (Å²) in [6, 6.07) is 7.60. The Bertz CT molecular complexity index is 616. The van der Waals surface area contributed by atoms with Gasteiger partial charge in [0.1, 0.15) is 6.04 Å². The van der Waals surface area contributed by atoms with Gasteiger partial charge < -0.3 is 20.2 Å². The predicted octanol–water partition coefficient (Wildman–Crippen LogP) is 2.78. The molecule has 2 saturated heterocycles. The number of rotatable bonds is 3. The summed E-state index contributed by atoms with van der Waals surface area (Å²) in [7, 11) is 1.82. The minimum atomic E-state index is -0.853. The topological polar surface area (TPSA) is 72.9 Å². The van der Waals surface area contributed by atoms with Gasteiger partial charge >= 0.3 is 6.09 Å². The van der Waals surface area contributed by atoms with Crippen molar-refractivity contribution in [1.29, 1.82) is 0 Å². The summed E-state index contributed by atoms with van der Waals surface area (Å²) >= 11 is 0. The summed E-state index contributed by atoms with van der Waals surface area (Å²) in [6.45, 7) is 3.46. The van der Waals surface area contributed by atoms with Crippen LogP contribution in [0.25, 0.3) is 0 Å². The van der Waals surface area contributed by atoms with E-state index in [9.17, 15) is 14.7 Å². The molecule has 1 aromatic rings. The number of nitrogens with one attached hydrogen (secondary N) is 1. The molecule has 0 spiro atoms. The molecule has 0 bridgehead atoms. The van der Waals surface area contributed by atoms with Crippen LogP contribution >= 0.6 is 0 Å². The minimum absolute atomic E-state index is 0.0769. The molecule has 1 aromatic carbocycles. The number of hydrogen-bond donors (Lipinski definition) is 2. The van der Waals surface area contributed by atoms with Gasteiger partial charge in [0.25, 0.3) is 0 Å². The number of carbonyl (C=O) groups is 2. The second-order valence-electron chi connectivity index (χ2n) is 7.00. The Kier molecular flexibility index (Phi) is 4.64. The number of piperidine rings is 1. The Morgan fingerprint density at radius 1 is 1.21 bits per heavy atom. The zero-order valence-electron chi connectivity index (χ0n) is 14.2. The van der Waals surface area contributed by atoms with Gasteiger partial charge in [-0.05, 0) is 42.9 Å². The van der Waals surface area contributed by atoms with Gasteiger partial charge in [-0.3, -0.25) is 4.79 Å². The molecule has 130 valence electrons. The summed E-state index contributed by atoms with van der Waals surface area (Å²) in [4.78, 5) is 26.8. The first-order chi connectivity index (χ1) is 11.5. The van der Waals surface area contributed by atoms with Crippen molar-refractivity contribution in [2.45, 2.75) is 38.3 Å². The summed E-state index contributed by atoms with van der Waals surface area (Å²) in [6.07, 6.45) is 1.85. The highest BCUT2D eigenvalue weighted by atomic mass is 16.4. The number of nitrogens with zero attached hydrogens (tertiary/aromatic N) is 2. The molecule has 6 heteroatoms. The maximum atomic E-state index is 12.0. The summed E-state index contributed by atoms with van der Waals surface area (Å²) in [5.41, 5.74) is 1.92. The van der Waals surface area contributed by atoms with Crippen LogP contribution in [0.5, 0.6) is 0 Å². The van der Waals surface area contributed by atoms with Gasteiger partial charge in [0.05, 0.1) is 6.04 Å². The molecule has 0 radical (unpaired) electrons. The lowest BCUT2D eigenvalue weighted by molar-refractivity contribution is -0.127. The van der Waals surface area contributed by atoms with Crippen molar-refractivity contribution in [3.8, 4) is 0 Å². The minimum Gasteiger partial charge on any atom is -0.465 e. The van der Waals surface area contributed by atoms with Gasteiger partial charge in [-0.25, -0.2) is 4.79 Å². The van der Waals surface area contributed by atoms with E-state index < -0.39 is 6.09 Å². The highest BCUT2D eigenvalue weighted by Crippen LogP contribution is 2.33. The van der Waals surface area contributed by atoms with Crippen molar-refractivity contribution < 1.29 is 14.7 Å². The molecule has 3 atom stereocenters. The van der Waals surface area contributed by atoms with E-state index in [0.717, 1.165) is 37.1 Å². The maximum Gasteiger partial charge on any atom is 0.407 e. The second kappa shape index (κ2) is 6.71. The molecule has 3 rings (SSSR count). The van der Waals surface area contributed by atoms with Crippen LogP contribution in [0.3, 0.4) is 0 Å². The van der Waals surface area contributed by atoms with E-state index >= 15 is 0 Å². The van der Waals surface area contributed by atoms with Gasteiger partial charge in [0, 0.05) is 25.8 Å². The molecular formula is C18H25N3O3. The second-order valence-corrected chi connectivity index (χ2v) is 7.00. The first kappa shape index (κ1) is 16.6. The Labute approximate surface area is 142 Å². The molecule has 2 heterocycles. The zero-order chi connectivity index (χ0) is 17.3. The Morgan fingerprint density at radius 3 is 2.50 bits per heavy atom. The molecule has 2 aliphatic heterocycles. The number of carboxylic acid groups (broad SMARTS) is 1. The average Bonchev–Trinajstić information content (AvgIpc) is 2.88. The number of amides is 2. The monoisotopic (exact) mass is 331 g/mol. The van der Waals surface area contributed by atoms with E-state index in [1.807, 2.05) is 31.3 Å². The SMILES string of the molecule is CC1CC[C@H](c2ccc(NC3CCN(C)C3=O)cc2)N(C(=O)O)C1. The lowest BCUT2D eigenvalue weighted by Gasteiger charge is -2.37. The van der Waals surface area contributed by atoms with Crippen molar-refractivity contribution in [3.63, 3.8) is 0 Å². The molecule has 2 N–H and O–H groups in total. The first-order valence-corrected chi connectivity index (χ1v) is 8.56. The standard InChI is InChI=1S/C18H25N3O3/c1-12-3-8-16(21(11-12)18(23)24)13-4-6-14(7-5-13)19-15-9-10-20(2)17(15)22/h4-7,12,15-16,19H,3,8-11H2,1-2H3,(H,23,24)/t12?,15?,16-/m1/s1. The summed E-state index contributed by atoms with van der Waals surface area (Å²) < 4.78 is 0. The summed E-state index contributed by atoms with van der Waals surface area (Å²) in [5, 5.41) is 12.7. The zero-order valence-corrected chi connectivity index (χ0v) is 14.2.